The minimum absolute atomic E-state index is 0.165. The van der Waals surface area contributed by atoms with Crippen molar-refractivity contribution in [1.82, 2.24) is 4.98 Å². The fourth-order valence-electron chi connectivity index (χ4n) is 1.33. The number of pyridine rings is 1. The SMILES string of the molecule is COC(=O)CC(C)S(=O)(=O)Cc1ccncc1Cl. The number of aromatic nitrogens is 1. The first-order chi connectivity index (χ1) is 8.36. The van der Waals surface area contributed by atoms with E-state index in [1.54, 1.807) is 6.07 Å². The van der Waals surface area contributed by atoms with E-state index in [9.17, 15) is 13.2 Å². The van der Waals surface area contributed by atoms with Crippen LogP contribution in [0.25, 0.3) is 0 Å². The number of rotatable bonds is 5. The summed E-state index contributed by atoms with van der Waals surface area (Å²) in [7, 11) is -2.23. The number of ether oxygens (including phenoxy) is 1. The van der Waals surface area contributed by atoms with Crippen LogP contribution in [0.15, 0.2) is 18.5 Å². The van der Waals surface area contributed by atoms with Gasteiger partial charge in [-0.1, -0.05) is 11.6 Å². The van der Waals surface area contributed by atoms with E-state index in [0.29, 0.717) is 10.6 Å². The summed E-state index contributed by atoms with van der Waals surface area (Å²) in [6.45, 7) is 1.47. The first-order valence-corrected chi connectivity index (χ1v) is 7.33. The zero-order valence-corrected chi connectivity index (χ0v) is 11.7. The topological polar surface area (TPSA) is 73.3 Å². The van der Waals surface area contributed by atoms with Crippen molar-refractivity contribution in [3.05, 3.63) is 29.0 Å². The van der Waals surface area contributed by atoms with Gasteiger partial charge in [0.05, 0.1) is 29.6 Å². The van der Waals surface area contributed by atoms with E-state index in [4.69, 9.17) is 11.6 Å². The van der Waals surface area contributed by atoms with Crippen molar-refractivity contribution < 1.29 is 17.9 Å². The number of halogens is 1. The number of esters is 1. The lowest BCUT2D eigenvalue weighted by Crippen LogP contribution is -2.23. The van der Waals surface area contributed by atoms with Gasteiger partial charge >= 0.3 is 5.97 Å². The van der Waals surface area contributed by atoms with E-state index in [1.807, 2.05) is 0 Å². The number of hydrogen-bond donors (Lipinski definition) is 0. The third kappa shape index (κ3) is 3.96. The maximum Gasteiger partial charge on any atom is 0.306 e. The molecule has 0 aliphatic rings. The molecule has 0 fully saturated rings. The summed E-state index contributed by atoms with van der Waals surface area (Å²) in [5.41, 5.74) is 0.475. The van der Waals surface area contributed by atoms with Crippen molar-refractivity contribution in [2.24, 2.45) is 0 Å². The van der Waals surface area contributed by atoms with Crippen LogP contribution in [0.5, 0.6) is 0 Å². The lowest BCUT2D eigenvalue weighted by Gasteiger charge is -2.12. The van der Waals surface area contributed by atoms with Gasteiger partial charge in [-0.15, -0.1) is 0 Å². The van der Waals surface area contributed by atoms with Gasteiger partial charge in [-0.05, 0) is 18.6 Å². The maximum absolute atomic E-state index is 12.0. The largest absolute Gasteiger partial charge is 0.469 e. The average Bonchev–Trinajstić information content (AvgIpc) is 2.31. The van der Waals surface area contributed by atoms with Crippen LogP contribution in [-0.4, -0.2) is 31.7 Å². The summed E-state index contributed by atoms with van der Waals surface area (Å²) in [5.74, 6) is -0.765. The van der Waals surface area contributed by atoms with Gasteiger partial charge in [-0.25, -0.2) is 8.42 Å². The molecule has 18 heavy (non-hydrogen) atoms. The van der Waals surface area contributed by atoms with Gasteiger partial charge in [-0.2, -0.15) is 0 Å². The molecule has 0 amide bonds. The third-order valence-corrected chi connectivity index (χ3v) is 4.95. The number of hydrogen-bond acceptors (Lipinski definition) is 5. The van der Waals surface area contributed by atoms with Crippen molar-refractivity contribution in [3.8, 4) is 0 Å². The van der Waals surface area contributed by atoms with E-state index >= 15 is 0 Å². The van der Waals surface area contributed by atoms with Crippen LogP contribution in [0.3, 0.4) is 0 Å². The third-order valence-electron chi connectivity index (χ3n) is 2.51. The molecule has 100 valence electrons. The summed E-state index contributed by atoms with van der Waals surface area (Å²) in [6, 6.07) is 1.55. The van der Waals surface area contributed by atoms with Crippen LogP contribution in [0.4, 0.5) is 0 Å². The summed E-state index contributed by atoms with van der Waals surface area (Å²) in [4.78, 5) is 14.8. The van der Waals surface area contributed by atoms with Crippen molar-refractivity contribution in [1.29, 1.82) is 0 Å². The Hall–Kier alpha value is -1.14. The molecule has 0 saturated carbocycles. The highest BCUT2D eigenvalue weighted by Crippen LogP contribution is 2.20. The molecule has 1 aromatic heterocycles. The normalized spacial score (nSPS) is 13.1. The highest BCUT2D eigenvalue weighted by molar-refractivity contribution is 7.91. The predicted octanol–water partition coefficient (Wildman–Crippen LogP) is 1.60. The van der Waals surface area contributed by atoms with Crippen LogP contribution in [0.2, 0.25) is 5.02 Å². The van der Waals surface area contributed by atoms with Crippen molar-refractivity contribution >= 4 is 27.4 Å². The fraction of sp³-hybridized carbons (Fsp3) is 0.455. The van der Waals surface area contributed by atoms with Crippen LogP contribution in [0.1, 0.15) is 18.9 Å². The van der Waals surface area contributed by atoms with Gasteiger partial charge in [0.2, 0.25) is 0 Å². The Bertz CT molecular complexity index is 530. The number of carbonyl (C=O) groups is 1. The minimum atomic E-state index is -3.45. The lowest BCUT2D eigenvalue weighted by atomic mass is 10.3. The maximum atomic E-state index is 12.0. The quantitative estimate of drug-likeness (QED) is 0.771. The van der Waals surface area contributed by atoms with Crippen molar-refractivity contribution in [2.75, 3.05) is 7.11 Å². The molecule has 0 bridgehead atoms. The summed E-state index contributed by atoms with van der Waals surface area (Å²) < 4.78 is 28.5. The molecule has 0 aliphatic heterocycles. The van der Waals surface area contributed by atoms with Gasteiger partial charge in [0.1, 0.15) is 0 Å². The van der Waals surface area contributed by atoms with E-state index in [1.165, 1.54) is 26.4 Å². The second-order valence-electron chi connectivity index (χ2n) is 3.87. The average molecular weight is 292 g/mol. The lowest BCUT2D eigenvalue weighted by molar-refractivity contribution is -0.140. The number of methoxy groups -OCH3 is 1. The fourth-order valence-corrected chi connectivity index (χ4v) is 2.95. The van der Waals surface area contributed by atoms with Crippen molar-refractivity contribution in [2.45, 2.75) is 24.3 Å². The second kappa shape index (κ2) is 6.15. The Balaban J connectivity index is 2.82. The van der Waals surface area contributed by atoms with E-state index in [0.717, 1.165) is 0 Å². The van der Waals surface area contributed by atoms with E-state index in [-0.39, 0.29) is 12.2 Å². The molecule has 1 atom stereocenters. The Kier molecular flexibility index (Phi) is 5.10. The molecule has 0 aromatic carbocycles. The number of sulfone groups is 1. The smallest absolute Gasteiger partial charge is 0.306 e. The zero-order valence-electron chi connectivity index (χ0n) is 10.1. The molecule has 1 aromatic rings. The molecule has 0 N–H and O–H groups in total. The molecule has 1 rings (SSSR count). The Labute approximate surface area is 111 Å². The number of nitrogens with zero attached hydrogens (tertiary/aromatic N) is 1. The zero-order chi connectivity index (χ0) is 13.8. The molecule has 5 nitrogen and oxygen atoms in total. The first-order valence-electron chi connectivity index (χ1n) is 5.23. The highest BCUT2D eigenvalue weighted by Gasteiger charge is 2.25. The monoisotopic (exact) mass is 291 g/mol. The Morgan fingerprint density at radius 2 is 2.22 bits per heavy atom. The summed E-state index contributed by atoms with van der Waals surface area (Å²) in [6.07, 6.45) is 2.70. The van der Waals surface area contributed by atoms with Gasteiger partial charge < -0.3 is 4.74 Å². The van der Waals surface area contributed by atoms with Gasteiger partial charge in [0, 0.05) is 12.4 Å². The van der Waals surface area contributed by atoms with Crippen LogP contribution < -0.4 is 0 Å². The molecule has 0 spiro atoms. The van der Waals surface area contributed by atoms with E-state index < -0.39 is 21.1 Å². The molecule has 1 unspecified atom stereocenters. The Morgan fingerprint density at radius 1 is 1.56 bits per heavy atom. The van der Waals surface area contributed by atoms with Crippen LogP contribution >= 0.6 is 11.6 Å². The summed E-state index contributed by atoms with van der Waals surface area (Å²) >= 11 is 5.85. The van der Waals surface area contributed by atoms with Gasteiger partial charge in [-0.3, -0.25) is 9.78 Å². The van der Waals surface area contributed by atoms with Gasteiger partial charge in [0.15, 0.2) is 9.84 Å². The minimum Gasteiger partial charge on any atom is -0.469 e. The highest BCUT2D eigenvalue weighted by atomic mass is 35.5. The van der Waals surface area contributed by atoms with Crippen LogP contribution in [-0.2, 0) is 25.1 Å². The first kappa shape index (κ1) is 14.9. The van der Waals surface area contributed by atoms with Crippen molar-refractivity contribution in [3.63, 3.8) is 0 Å². The standard InChI is InChI=1S/C11H14ClNO4S/c1-8(5-11(14)17-2)18(15,16)7-9-3-4-13-6-10(9)12/h3-4,6,8H,5,7H2,1-2H3. The molecular formula is C11H14ClNO4S. The van der Waals surface area contributed by atoms with E-state index in [2.05, 4.69) is 9.72 Å². The summed E-state index contributed by atoms with van der Waals surface area (Å²) in [5, 5.41) is -0.513. The Morgan fingerprint density at radius 3 is 2.78 bits per heavy atom. The molecular weight excluding hydrogens is 278 g/mol. The van der Waals surface area contributed by atoms with Gasteiger partial charge in [0.25, 0.3) is 0 Å². The molecule has 0 saturated heterocycles. The van der Waals surface area contributed by atoms with Crippen LogP contribution in [0, 0.1) is 0 Å². The molecule has 0 radical (unpaired) electrons. The molecule has 0 aliphatic carbocycles. The molecule has 1 heterocycles. The second-order valence-corrected chi connectivity index (χ2v) is 6.69. The predicted molar refractivity (Wildman–Crippen MR) is 68.0 cm³/mol. The number of carbonyl (C=O) groups excluding carboxylic acids is 1. The molecule has 7 heteroatoms.